The maximum atomic E-state index is 13.5. The normalized spacial score (nSPS) is 23.9. The van der Waals surface area contributed by atoms with Gasteiger partial charge in [-0.2, -0.15) is 0 Å². The Balaban J connectivity index is 1.62. The van der Waals surface area contributed by atoms with Gasteiger partial charge in [-0.15, -0.1) is 0 Å². The van der Waals surface area contributed by atoms with Crippen LogP contribution in [-0.2, 0) is 9.47 Å². The number of ether oxygens (including phenoxy) is 2. The standard InChI is InChI=1S/C19H24FN3O3/c1-19(2,3)26-18(24)23-8-7-22-11-17(25-12-14(22)10-23)13-5-6-15(20)16(9-13)21-4/h5-6,9,14,17H,7-8,10-12H2,1-3H3/t14-,17-/m0/s1. The maximum absolute atomic E-state index is 13.5. The lowest BCUT2D eigenvalue weighted by molar-refractivity contribution is -0.0906. The second-order valence-electron chi connectivity index (χ2n) is 7.72. The van der Waals surface area contributed by atoms with E-state index in [2.05, 4.69) is 9.74 Å². The Morgan fingerprint density at radius 1 is 1.35 bits per heavy atom. The van der Waals surface area contributed by atoms with Crippen LogP contribution in [0.5, 0.6) is 0 Å². The minimum Gasteiger partial charge on any atom is -0.444 e. The Bertz CT molecular complexity index is 726. The summed E-state index contributed by atoms with van der Waals surface area (Å²) in [6.45, 7) is 15.7. The van der Waals surface area contributed by atoms with Gasteiger partial charge >= 0.3 is 6.09 Å². The van der Waals surface area contributed by atoms with E-state index in [9.17, 15) is 9.18 Å². The molecule has 2 atom stereocenters. The molecule has 140 valence electrons. The molecule has 2 fully saturated rings. The van der Waals surface area contributed by atoms with E-state index in [1.165, 1.54) is 6.07 Å². The zero-order valence-electron chi connectivity index (χ0n) is 15.4. The summed E-state index contributed by atoms with van der Waals surface area (Å²) < 4.78 is 24.9. The van der Waals surface area contributed by atoms with Crippen molar-refractivity contribution in [3.63, 3.8) is 0 Å². The lowest BCUT2D eigenvalue weighted by Gasteiger charge is -2.46. The van der Waals surface area contributed by atoms with Crippen LogP contribution in [0.4, 0.5) is 14.9 Å². The molecule has 7 heteroatoms. The van der Waals surface area contributed by atoms with Crippen LogP contribution in [0.15, 0.2) is 18.2 Å². The summed E-state index contributed by atoms with van der Waals surface area (Å²) in [5, 5.41) is 0. The predicted molar refractivity (Wildman–Crippen MR) is 94.5 cm³/mol. The molecular weight excluding hydrogens is 337 g/mol. The van der Waals surface area contributed by atoms with Crippen molar-refractivity contribution in [2.45, 2.75) is 38.5 Å². The summed E-state index contributed by atoms with van der Waals surface area (Å²) >= 11 is 0. The number of halogens is 1. The molecule has 0 bridgehead atoms. The van der Waals surface area contributed by atoms with E-state index in [1.54, 1.807) is 17.0 Å². The van der Waals surface area contributed by atoms with Crippen molar-refractivity contribution in [2.75, 3.05) is 32.8 Å². The van der Waals surface area contributed by atoms with Gasteiger partial charge in [0.15, 0.2) is 0 Å². The highest BCUT2D eigenvalue weighted by molar-refractivity contribution is 5.68. The lowest BCUT2D eigenvalue weighted by atomic mass is 10.0. The highest BCUT2D eigenvalue weighted by atomic mass is 19.1. The van der Waals surface area contributed by atoms with Crippen molar-refractivity contribution in [3.05, 3.63) is 41.0 Å². The molecule has 0 spiro atoms. The van der Waals surface area contributed by atoms with Crippen LogP contribution < -0.4 is 0 Å². The fourth-order valence-corrected chi connectivity index (χ4v) is 3.29. The zero-order valence-corrected chi connectivity index (χ0v) is 15.4. The molecule has 3 rings (SSSR count). The second kappa shape index (κ2) is 7.22. The van der Waals surface area contributed by atoms with Crippen LogP contribution in [0.1, 0.15) is 32.4 Å². The SMILES string of the molecule is [C-]#[N+]c1cc([C@@H]2CN3CCN(C(=O)OC(C)(C)C)C[C@H]3CO2)ccc1F. The van der Waals surface area contributed by atoms with E-state index in [0.29, 0.717) is 26.2 Å². The summed E-state index contributed by atoms with van der Waals surface area (Å²) in [6.07, 6.45) is -0.486. The molecule has 1 aromatic rings. The van der Waals surface area contributed by atoms with Gasteiger partial charge in [-0.3, -0.25) is 4.90 Å². The monoisotopic (exact) mass is 361 g/mol. The number of carbonyl (C=O) groups excluding carboxylic acids is 1. The Labute approximate surface area is 153 Å². The molecule has 0 unspecified atom stereocenters. The number of fused-ring (bicyclic) bond motifs is 1. The average Bonchev–Trinajstić information content (AvgIpc) is 2.59. The van der Waals surface area contributed by atoms with E-state index >= 15 is 0 Å². The molecule has 26 heavy (non-hydrogen) atoms. The fourth-order valence-electron chi connectivity index (χ4n) is 3.29. The van der Waals surface area contributed by atoms with E-state index in [1.807, 2.05) is 20.8 Å². The molecule has 1 aromatic carbocycles. The van der Waals surface area contributed by atoms with Crippen molar-refractivity contribution >= 4 is 11.8 Å². The van der Waals surface area contributed by atoms with Crippen LogP contribution in [0, 0.1) is 12.4 Å². The Morgan fingerprint density at radius 3 is 2.81 bits per heavy atom. The van der Waals surface area contributed by atoms with E-state index < -0.39 is 11.4 Å². The van der Waals surface area contributed by atoms with Crippen LogP contribution >= 0.6 is 0 Å². The first-order valence-corrected chi connectivity index (χ1v) is 8.77. The Morgan fingerprint density at radius 2 is 2.12 bits per heavy atom. The largest absolute Gasteiger partial charge is 0.444 e. The fraction of sp³-hybridized carbons (Fsp3) is 0.579. The van der Waals surface area contributed by atoms with Gasteiger partial charge < -0.3 is 14.4 Å². The van der Waals surface area contributed by atoms with Crippen molar-refractivity contribution < 1.29 is 18.7 Å². The van der Waals surface area contributed by atoms with Crippen LogP contribution in [0.3, 0.4) is 0 Å². The van der Waals surface area contributed by atoms with E-state index in [4.69, 9.17) is 16.0 Å². The highest BCUT2D eigenvalue weighted by Crippen LogP contribution is 2.30. The third kappa shape index (κ3) is 4.14. The molecule has 2 heterocycles. The van der Waals surface area contributed by atoms with Crippen molar-refractivity contribution in [1.29, 1.82) is 0 Å². The van der Waals surface area contributed by atoms with Gasteiger partial charge in [0.05, 0.1) is 25.3 Å². The number of morpholine rings is 1. The quantitative estimate of drug-likeness (QED) is 0.720. The zero-order chi connectivity index (χ0) is 18.9. The highest BCUT2D eigenvalue weighted by Gasteiger charge is 2.36. The average molecular weight is 361 g/mol. The molecule has 0 radical (unpaired) electrons. The third-order valence-corrected chi connectivity index (χ3v) is 4.61. The van der Waals surface area contributed by atoms with Crippen molar-refractivity contribution in [3.8, 4) is 0 Å². The molecule has 0 saturated carbocycles. The number of carbonyl (C=O) groups is 1. The molecule has 6 nitrogen and oxygen atoms in total. The minimum absolute atomic E-state index is 0.0166. The molecular formula is C19H24FN3O3. The van der Waals surface area contributed by atoms with Gasteiger partial charge in [-0.05, 0) is 38.5 Å². The molecule has 2 saturated heterocycles. The second-order valence-corrected chi connectivity index (χ2v) is 7.72. The van der Waals surface area contributed by atoms with Gasteiger partial charge in [-0.25, -0.2) is 14.0 Å². The molecule has 2 aliphatic heterocycles. The molecule has 0 N–H and O–H groups in total. The summed E-state index contributed by atoms with van der Waals surface area (Å²) in [4.78, 5) is 19.5. The topological polar surface area (TPSA) is 46.4 Å². The maximum Gasteiger partial charge on any atom is 0.410 e. The van der Waals surface area contributed by atoms with Gasteiger partial charge in [0, 0.05) is 26.2 Å². The summed E-state index contributed by atoms with van der Waals surface area (Å²) in [5.74, 6) is -0.511. The minimum atomic E-state index is -0.511. The Hall–Kier alpha value is -2.17. The predicted octanol–water partition coefficient (Wildman–Crippen LogP) is 3.37. The summed E-state index contributed by atoms with van der Waals surface area (Å²) in [5.41, 5.74) is 0.319. The molecule has 1 amide bonds. The van der Waals surface area contributed by atoms with Gasteiger partial charge in [0.1, 0.15) is 11.4 Å². The number of hydrogen-bond donors (Lipinski definition) is 0. The molecule has 2 aliphatic rings. The number of hydrogen-bond acceptors (Lipinski definition) is 4. The first kappa shape index (κ1) is 18.6. The Kier molecular flexibility index (Phi) is 5.17. The number of nitrogens with zero attached hydrogens (tertiary/aromatic N) is 3. The number of piperazine rings is 1. The van der Waals surface area contributed by atoms with Gasteiger partial charge in [0.2, 0.25) is 5.69 Å². The summed E-state index contributed by atoms with van der Waals surface area (Å²) in [7, 11) is 0. The third-order valence-electron chi connectivity index (χ3n) is 4.61. The van der Waals surface area contributed by atoms with Crippen LogP contribution in [0.2, 0.25) is 0 Å². The first-order valence-electron chi connectivity index (χ1n) is 8.77. The molecule has 0 aliphatic carbocycles. The van der Waals surface area contributed by atoms with E-state index in [0.717, 1.165) is 12.1 Å². The molecule has 0 aromatic heterocycles. The van der Waals surface area contributed by atoms with Gasteiger partial charge in [0.25, 0.3) is 0 Å². The number of benzene rings is 1. The lowest BCUT2D eigenvalue weighted by Crippen LogP contribution is -2.59. The number of amides is 1. The van der Waals surface area contributed by atoms with Gasteiger partial charge in [-0.1, -0.05) is 6.07 Å². The van der Waals surface area contributed by atoms with Crippen molar-refractivity contribution in [1.82, 2.24) is 9.80 Å². The van der Waals surface area contributed by atoms with E-state index in [-0.39, 0.29) is 23.9 Å². The van der Waals surface area contributed by atoms with Crippen LogP contribution in [0.25, 0.3) is 4.85 Å². The number of rotatable bonds is 1. The van der Waals surface area contributed by atoms with Crippen molar-refractivity contribution in [2.24, 2.45) is 0 Å². The smallest absolute Gasteiger partial charge is 0.410 e. The first-order chi connectivity index (χ1) is 12.3. The summed E-state index contributed by atoms with van der Waals surface area (Å²) in [6, 6.07) is 4.67. The van der Waals surface area contributed by atoms with Crippen LogP contribution in [-0.4, -0.2) is 60.3 Å².